The van der Waals surface area contributed by atoms with Crippen molar-refractivity contribution < 1.29 is 9.47 Å². The molecular formula is C19H41NO2. The maximum Gasteiger partial charge on any atom is 0.0577 e. The van der Waals surface area contributed by atoms with Gasteiger partial charge in [0.25, 0.3) is 0 Å². The highest BCUT2D eigenvalue weighted by atomic mass is 16.5. The van der Waals surface area contributed by atoms with E-state index in [9.17, 15) is 0 Å². The van der Waals surface area contributed by atoms with E-state index < -0.39 is 0 Å². The molecule has 22 heavy (non-hydrogen) atoms. The Hall–Kier alpha value is -0.120. The number of piperidine rings is 1. The summed E-state index contributed by atoms with van der Waals surface area (Å²) in [7, 11) is 3.65. The van der Waals surface area contributed by atoms with Crippen LogP contribution in [0.5, 0.6) is 0 Å². The number of hydrogen-bond donors (Lipinski definition) is 0. The van der Waals surface area contributed by atoms with Crippen LogP contribution in [0.15, 0.2) is 0 Å². The van der Waals surface area contributed by atoms with Crippen molar-refractivity contribution in [1.82, 2.24) is 4.90 Å². The molecule has 3 heteroatoms. The van der Waals surface area contributed by atoms with E-state index in [2.05, 4.69) is 11.8 Å². The summed E-state index contributed by atoms with van der Waals surface area (Å²) < 4.78 is 10.6. The molecule has 0 aromatic carbocycles. The van der Waals surface area contributed by atoms with Gasteiger partial charge in [-0.25, -0.2) is 0 Å². The van der Waals surface area contributed by atoms with E-state index in [1.165, 1.54) is 45.3 Å². The number of likely N-dealkylation sites (tertiary alicyclic amines) is 1. The summed E-state index contributed by atoms with van der Waals surface area (Å²) in [5.74, 6) is 2.58. The third kappa shape index (κ3) is 7.43. The Morgan fingerprint density at radius 3 is 2.18 bits per heavy atom. The lowest BCUT2D eigenvalue weighted by atomic mass is 9.80. The molecule has 134 valence electrons. The Morgan fingerprint density at radius 1 is 1.05 bits per heavy atom. The standard InChI is InChI=1S/C15H29NO2.2C2H6/c1-12-10-16(6-4-14(12)5-7-17-2)11-13-8-15(9-13)18-3;2*1-2/h12-15H,4-11H2,1-3H3;2*1-2H3/t12-,13?,14?,15?;;/m1../s1. The van der Waals surface area contributed by atoms with Gasteiger partial charge in [0.1, 0.15) is 0 Å². The average molecular weight is 316 g/mol. The molecule has 2 fully saturated rings. The summed E-state index contributed by atoms with van der Waals surface area (Å²) in [5.41, 5.74) is 0. The number of ether oxygens (including phenoxy) is 2. The van der Waals surface area contributed by atoms with Crippen molar-refractivity contribution in [3.63, 3.8) is 0 Å². The first-order chi connectivity index (χ1) is 10.7. The van der Waals surface area contributed by atoms with Gasteiger partial charge in [0.05, 0.1) is 6.10 Å². The highest BCUT2D eigenvalue weighted by molar-refractivity contribution is 4.85. The van der Waals surface area contributed by atoms with E-state index in [1.807, 2.05) is 41.9 Å². The van der Waals surface area contributed by atoms with Gasteiger partial charge in [-0.05, 0) is 50.0 Å². The summed E-state index contributed by atoms with van der Waals surface area (Å²) >= 11 is 0. The average Bonchev–Trinajstić information content (AvgIpc) is 2.53. The molecule has 0 radical (unpaired) electrons. The number of hydrogen-bond acceptors (Lipinski definition) is 3. The third-order valence-electron chi connectivity index (χ3n) is 4.90. The summed E-state index contributed by atoms with van der Waals surface area (Å²) in [6.07, 6.45) is 5.68. The highest BCUT2D eigenvalue weighted by Gasteiger charge is 2.32. The van der Waals surface area contributed by atoms with Crippen molar-refractivity contribution in [2.45, 2.75) is 66.4 Å². The molecule has 1 aliphatic carbocycles. The third-order valence-corrected chi connectivity index (χ3v) is 4.90. The maximum atomic E-state index is 5.36. The predicted octanol–water partition coefficient (Wildman–Crippen LogP) is 4.46. The molecular weight excluding hydrogens is 274 g/mol. The fraction of sp³-hybridized carbons (Fsp3) is 1.00. The molecule has 1 unspecified atom stereocenters. The van der Waals surface area contributed by atoms with Gasteiger partial charge in [-0.15, -0.1) is 0 Å². The first kappa shape index (κ1) is 21.9. The molecule has 0 aromatic heterocycles. The van der Waals surface area contributed by atoms with E-state index in [0.717, 1.165) is 24.4 Å². The molecule has 0 bridgehead atoms. The van der Waals surface area contributed by atoms with Gasteiger partial charge in [0.15, 0.2) is 0 Å². The van der Waals surface area contributed by atoms with Crippen LogP contribution in [0.3, 0.4) is 0 Å². The first-order valence-corrected chi connectivity index (χ1v) is 9.47. The lowest BCUT2D eigenvalue weighted by Gasteiger charge is -2.42. The second-order valence-electron chi connectivity index (χ2n) is 6.26. The van der Waals surface area contributed by atoms with Gasteiger partial charge < -0.3 is 14.4 Å². The van der Waals surface area contributed by atoms with Crippen molar-refractivity contribution in [2.24, 2.45) is 17.8 Å². The Labute approximate surface area is 139 Å². The van der Waals surface area contributed by atoms with Gasteiger partial charge >= 0.3 is 0 Å². The molecule has 2 atom stereocenters. The van der Waals surface area contributed by atoms with E-state index in [1.54, 1.807) is 0 Å². The predicted molar refractivity (Wildman–Crippen MR) is 96.4 cm³/mol. The molecule has 0 aromatic rings. The molecule has 1 saturated carbocycles. The number of rotatable bonds is 6. The van der Waals surface area contributed by atoms with Gasteiger partial charge in [-0.2, -0.15) is 0 Å². The fourth-order valence-corrected chi connectivity index (χ4v) is 3.53. The van der Waals surface area contributed by atoms with Crippen molar-refractivity contribution in [2.75, 3.05) is 40.5 Å². The normalized spacial score (nSPS) is 31.2. The molecule has 0 N–H and O–H groups in total. The molecule has 1 heterocycles. The summed E-state index contributed by atoms with van der Waals surface area (Å²) in [6, 6.07) is 0. The van der Waals surface area contributed by atoms with Crippen LogP contribution in [0.2, 0.25) is 0 Å². The lowest BCUT2D eigenvalue weighted by Crippen LogP contribution is -2.45. The topological polar surface area (TPSA) is 21.7 Å². The van der Waals surface area contributed by atoms with Crippen LogP contribution in [0.25, 0.3) is 0 Å². The molecule has 1 saturated heterocycles. The van der Waals surface area contributed by atoms with Crippen LogP contribution in [0.4, 0.5) is 0 Å². The zero-order chi connectivity index (χ0) is 17.0. The minimum atomic E-state index is 0.548. The second kappa shape index (κ2) is 13.3. The summed E-state index contributed by atoms with van der Waals surface area (Å²) in [4.78, 5) is 2.67. The first-order valence-electron chi connectivity index (χ1n) is 9.47. The van der Waals surface area contributed by atoms with E-state index in [0.29, 0.717) is 6.10 Å². The molecule has 2 aliphatic rings. The Bertz CT molecular complexity index is 242. The van der Waals surface area contributed by atoms with Crippen molar-refractivity contribution in [1.29, 1.82) is 0 Å². The molecule has 3 nitrogen and oxygen atoms in total. The Balaban J connectivity index is 0.00000102. The zero-order valence-electron chi connectivity index (χ0n) is 16.2. The minimum Gasteiger partial charge on any atom is -0.385 e. The van der Waals surface area contributed by atoms with Gasteiger partial charge in [0.2, 0.25) is 0 Å². The minimum absolute atomic E-state index is 0.548. The molecule has 0 spiro atoms. The van der Waals surface area contributed by atoms with Crippen LogP contribution >= 0.6 is 0 Å². The van der Waals surface area contributed by atoms with E-state index >= 15 is 0 Å². The van der Waals surface area contributed by atoms with Crippen molar-refractivity contribution in [3.8, 4) is 0 Å². The summed E-state index contributed by atoms with van der Waals surface area (Å²) in [6.45, 7) is 15.2. The van der Waals surface area contributed by atoms with Crippen LogP contribution in [0, 0.1) is 17.8 Å². The molecule has 0 amide bonds. The zero-order valence-corrected chi connectivity index (χ0v) is 16.2. The number of nitrogens with zero attached hydrogens (tertiary/aromatic N) is 1. The second-order valence-corrected chi connectivity index (χ2v) is 6.26. The molecule has 1 aliphatic heterocycles. The lowest BCUT2D eigenvalue weighted by molar-refractivity contribution is -0.0186. The van der Waals surface area contributed by atoms with E-state index in [4.69, 9.17) is 9.47 Å². The largest absolute Gasteiger partial charge is 0.385 e. The Kier molecular flexibility index (Phi) is 13.3. The van der Waals surface area contributed by atoms with Gasteiger partial charge in [-0.1, -0.05) is 34.6 Å². The SMILES string of the molecule is CC.CC.COCCC1CCN(CC2CC(OC)C2)C[C@H]1C. The van der Waals surface area contributed by atoms with E-state index in [-0.39, 0.29) is 0 Å². The smallest absolute Gasteiger partial charge is 0.0577 e. The quantitative estimate of drug-likeness (QED) is 0.722. The number of methoxy groups -OCH3 is 2. The molecule has 2 rings (SSSR count). The van der Waals surface area contributed by atoms with Crippen LogP contribution < -0.4 is 0 Å². The maximum absolute atomic E-state index is 5.36. The highest BCUT2D eigenvalue weighted by Crippen LogP contribution is 2.33. The van der Waals surface area contributed by atoms with Crippen LogP contribution in [-0.2, 0) is 9.47 Å². The van der Waals surface area contributed by atoms with Crippen LogP contribution in [0.1, 0.15) is 60.3 Å². The van der Waals surface area contributed by atoms with Gasteiger partial charge in [0, 0.05) is 33.9 Å². The summed E-state index contributed by atoms with van der Waals surface area (Å²) in [5, 5.41) is 0. The van der Waals surface area contributed by atoms with Crippen LogP contribution in [-0.4, -0.2) is 51.5 Å². The Morgan fingerprint density at radius 2 is 1.68 bits per heavy atom. The van der Waals surface area contributed by atoms with Crippen molar-refractivity contribution in [3.05, 3.63) is 0 Å². The van der Waals surface area contributed by atoms with Crippen molar-refractivity contribution >= 4 is 0 Å². The monoisotopic (exact) mass is 315 g/mol. The van der Waals surface area contributed by atoms with Gasteiger partial charge in [-0.3, -0.25) is 0 Å². The fourth-order valence-electron chi connectivity index (χ4n) is 3.53.